The van der Waals surface area contributed by atoms with Gasteiger partial charge in [0.2, 0.25) is 0 Å². The number of hydrogen-bond donors (Lipinski definition) is 3. The molecule has 1 saturated carbocycles. The number of phenols is 1. The molecule has 2 atom stereocenters. The van der Waals surface area contributed by atoms with E-state index in [4.69, 9.17) is 4.74 Å². The zero-order valence-electron chi connectivity index (χ0n) is 14.0. The van der Waals surface area contributed by atoms with Crippen LogP contribution in [-0.2, 0) is 9.53 Å². The van der Waals surface area contributed by atoms with Crippen LogP contribution in [0.4, 0.5) is 10.5 Å². The first-order chi connectivity index (χ1) is 10.4. The van der Waals surface area contributed by atoms with Gasteiger partial charge in [-0.3, -0.25) is 10.1 Å². The van der Waals surface area contributed by atoms with Crippen molar-refractivity contribution in [3.8, 4) is 5.75 Å². The number of aliphatic carboxylic acids is 1. The number of carbonyl (C=O) groups excluding carboxylic acids is 1. The van der Waals surface area contributed by atoms with Gasteiger partial charge in [0, 0.05) is 11.6 Å². The maximum Gasteiger partial charge on any atom is 0.412 e. The maximum atomic E-state index is 12.0. The van der Waals surface area contributed by atoms with Gasteiger partial charge >= 0.3 is 12.1 Å². The Kier molecular flexibility index (Phi) is 4.05. The van der Waals surface area contributed by atoms with E-state index in [2.05, 4.69) is 5.32 Å². The quantitative estimate of drug-likeness (QED) is 0.740. The molecule has 0 aromatic heterocycles. The lowest BCUT2D eigenvalue weighted by Crippen LogP contribution is -2.27. The molecular formula is C17H23NO5. The predicted octanol–water partition coefficient (Wildman–Crippen LogP) is 3.56. The number of ether oxygens (including phenoxy) is 1. The first kappa shape index (κ1) is 17.1. The van der Waals surface area contributed by atoms with Gasteiger partial charge in [0.05, 0.1) is 5.92 Å². The molecule has 0 spiro atoms. The number of amides is 1. The second-order valence-electron chi connectivity index (χ2n) is 7.51. The van der Waals surface area contributed by atoms with Crippen molar-refractivity contribution in [1.29, 1.82) is 0 Å². The molecule has 3 N–H and O–H groups in total. The van der Waals surface area contributed by atoms with E-state index in [9.17, 15) is 19.8 Å². The summed E-state index contributed by atoms with van der Waals surface area (Å²) in [7, 11) is 0. The largest absolute Gasteiger partial charge is 0.508 e. The summed E-state index contributed by atoms with van der Waals surface area (Å²) < 4.78 is 5.22. The number of anilines is 1. The monoisotopic (exact) mass is 321 g/mol. The molecule has 0 bridgehead atoms. The van der Waals surface area contributed by atoms with Crippen molar-refractivity contribution < 1.29 is 24.5 Å². The molecule has 2 rings (SSSR count). The summed E-state index contributed by atoms with van der Waals surface area (Å²) >= 11 is 0. The van der Waals surface area contributed by atoms with Gasteiger partial charge in [0.25, 0.3) is 0 Å². The summed E-state index contributed by atoms with van der Waals surface area (Å²) in [5, 5.41) is 21.7. The van der Waals surface area contributed by atoms with E-state index in [0.29, 0.717) is 11.3 Å². The number of carboxylic acid groups (broad SMARTS) is 1. The summed E-state index contributed by atoms with van der Waals surface area (Å²) in [5.74, 6) is -1.69. The highest BCUT2D eigenvalue weighted by molar-refractivity contribution is 5.87. The van der Waals surface area contributed by atoms with Crippen LogP contribution in [0.3, 0.4) is 0 Å². The summed E-state index contributed by atoms with van der Waals surface area (Å²) in [6.45, 7) is 8.99. The standard InChI is InChI=1S/C17H23NO5/c1-16(2,3)23-15(22)18-11-7-6-9(19)8-10(11)12-13(14(20)21)17(12,4)5/h6-8,12-13,19H,1-5H3,(H,18,22)(H,20,21)/t12-,13+/m0/s1. The van der Waals surface area contributed by atoms with E-state index in [1.165, 1.54) is 12.1 Å². The molecule has 1 aliphatic carbocycles. The lowest BCUT2D eigenvalue weighted by atomic mass is 10.0. The Balaban J connectivity index is 2.29. The van der Waals surface area contributed by atoms with Gasteiger partial charge in [0.15, 0.2) is 0 Å². The van der Waals surface area contributed by atoms with Gasteiger partial charge in [-0.15, -0.1) is 0 Å². The molecule has 0 heterocycles. The normalized spacial score (nSPS) is 22.3. The van der Waals surface area contributed by atoms with Crippen molar-refractivity contribution in [3.05, 3.63) is 23.8 Å². The van der Waals surface area contributed by atoms with Crippen molar-refractivity contribution in [1.82, 2.24) is 0 Å². The van der Waals surface area contributed by atoms with Crippen LogP contribution in [0.15, 0.2) is 18.2 Å². The molecule has 0 unspecified atom stereocenters. The fourth-order valence-corrected chi connectivity index (χ4v) is 3.01. The molecule has 126 valence electrons. The van der Waals surface area contributed by atoms with Gasteiger partial charge in [-0.05, 0) is 49.9 Å². The number of rotatable bonds is 3. The third kappa shape index (κ3) is 3.57. The zero-order valence-corrected chi connectivity index (χ0v) is 14.0. The van der Waals surface area contributed by atoms with Crippen LogP contribution in [0.2, 0.25) is 0 Å². The zero-order chi connectivity index (χ0) is 17.6. The van der Waals surface area contributed by atoms with Crippen LogP contribution < -0.4 is 5.32 Å². The fraction of sp³-hybridized carbons (Fsp3) is 0.529. The Labute approximate surface area is 135 Å². The third-order valence-electron chi connectivity index (χ3n) is 4.10. The van der Waals surface area contributed by atoms with Gasteiger partial charge in [0.1, 0.15) is 11.4 Å². The van der Waals surface area contributed by atoms with E-state index in [-0.39, 0.29) is 11.7 Å². The van der Waals surface area contributed by atoms with Crippen LogP contribution >= 0.6 is 0 Å². The summed E-state index contributed by atoms with van der Waals surface area (Å²) in [6, 6.07) is 4.51. The van der Waals surface area contributed by atoms with Crippen LogP contribution in [0.25, 0.3) is 0 Å². The molecule has 6 heteroatoms. The highest BCUT2D eigenvalue weighted by Crippen LogP contribution is 2.65. The Hall–Kier alpha value is -2.24. The average Bonchev–Trinajstić information content (AvgIpc) is 2.92. The number of hydrogen-bond acceptors (Lipinski definition) is 4. The summed E-state index contributed by atoms with van der Waals surface area (Å²) in [5.41, 5.74) is -0.0136. The first-order valence-electron chi connectivity index (χ1n) is 7.49. The van der Waals surface area contributed by atoms with Crippen molar-refractivity contribution in [3.63, 3.8) is 0 Å². The highest BCUT2D eigenvalue weighted by Gasteiger charge is 2.63. The topological polar surface area (TPSA) is 95.9 Å². The molecule has 23 heavy (non-hydrogen) atoms. The minimum absolute atomic E-state index is 0.0292. The summed E-state index contributed by atoms with van der Waals surface area (Å²) in [6.07, 6.45) is -0.616. The van der Waals surface area contributed by atoms with Crippen molar-refractivity contribution in [2.45, 2.75) is 46.1 Å². The minimum atomic E-state index is -0.883. The van der Waals surface area contributed by atoms with E-state index in [0.717, 1.165) is 0 Å². The van der Waals surface area contributed by atoms with Gasteiger partial charge in [-0.2, -0.15) is 0 Å². The predicted molar refractivity (Wildman–Crippen MR) is 85.6 cm³/mol. The Morgan fingerprint density at radius 3 is 2.35 bits per heavy atom. The Bertz CT molecular complexity index is 645. The number of carboxylic acids is 1. The van der Waals surface area contributed by atoms with E-state index in [1.807, 2.05) is 13.8 Å². The van der Waals surface area contributed by atoms with Crippen LogP contribution in [0.1, 0.15) is 46.1 Å². The number of carbonyl (C=O) groups is 2. The van der Waals surface area contributed by atoms with Crippen molar-refractivity contribution in [2.24, 2.45) is 11.3 Å². The van der Waals surface area contributed by atoms with E-state index < -0.39 is 29.0 Å². The molecule has 1 amide bonds. The number of benzene rings is 1. The van der Waals surface area contributed by atoms with Gasteiger partial charge in [-0.1, -0.05) is 13.8 Å². The molecule has 6 nitrogen and oxygen atoms in total. The third-order valence-corrected chi connectivity index (χ3v) is 4.10. The van der Waals surface area contributed by atoms with E-state index >= 15 is 0 Å². The highest BCUT2D eigenvalue weighted by atomic mass is 16.6. The SMILES string of the molecule is CC(C)(C)OC(=O)Nc1ccc(O)cc1[C@H]1[C@H](C(=O)O)C1(C)C. The average molecular weight is 321 g/mol. The molecule has 0 saturated heterocycles. The number of aromatic hydroxyl groups is 1. The van der Waals surface area contributed by atoms with Crippen LogP contribution in [-0.4, -0.2) is 27.9 Å². The number of nitrogens with one attached hydrogen (secondary N) is 1. The minimum Gasteiger partial charge on any atom is -0.508 e. The molecule has 1 aromatic rings. The molecular weight excluding hydrogens is 298 g/mol. The fourth-order valence-electron chi connectivity index (χ4n) is 3.01. The molecule has 0 aliphatic heterocycles. The first-order valence-corrected chi connectivity index (χ1v) is 7.49. The van der Waals surface area contributed by atoms with Gasteiger partial charge in [-0.25, -0.2) is 4.79 Å². The summed E-state index contributed by atoms with van der Waals surface area (Å²) in [4.78, 5) is 23.4. The van der Waals surface area contributed by atoms with Crippen LogP contribution in [0, 0.1) is 11.3 Å². The molecule has 0 radical (unpaired) electrons. The number of phenolic OH excluding ortho intramolecular Hbond substituents is 1. The molecule has 1 aliphatic rings. The lowest BCUT2D eigenvalue weighted by molar-refractivity contribution is -0.139. The van der Waals surface area contributed by atoms with Crippen molar-refractivity contribution >= 4 is 17.7 Å². The lowest BCUT2D eigenvalue weighted by Gasteiger charge is -2.20. The van der Waals surface area contributed by atoms with Crippen molar-refractivity contribution in [2.75, 3.05) is 5.32 Å². The van der Waals surface area contributed by atoms with Gasteiger partial charge < -0.3 is 14.9 Å². The Morgan fingerprint density at radius 2 is 1.87 bits per heavy atom. The second kappa shape index (κ2) is 5.44. The molecule has 1 fully saturated rings. The van der Waals surface area contributed by atoms with E-state index in [1.54, 1.807) is 26.8 Å². The molecule has 1 aromatic carbocycles. The smallest absolute Gasteiger partial charge is 0.412 e. The Morgan fingerprint density at radius 1 is 1.26 bits per heavy atom. The maximum absolute atomic E-state index is 12.0. The van der Waals surface area contributed by atoms with Crippen LogP contribution in [0.5, 0.6) is 5.75 Å². The second-order valence-corrected chi connectivity index (χ2v) is 7.51.